The van der Waals surface area contributed by atoms with E-state index in [0.717, 1.165) is 31.1 Å². The van der Waals surface area contributed by atoms with Crippen molar-refractivity contribution in [2.24, 2.45) is 0 Å². The van der Waals surface area contributed by atoms with Crippen LogP contribution in [0.3, 0.4) is 0 Å². The summed E-state index contributed by atoms with van der Waals surface area (Å²) in [5.74, 6) is -1.44. The molecule has 0 saturated carbocycles. The quantitative estimate of drug-likeness (QED) is 0.361. The first-order valence-corrected chi connectivity index (χ1v) is 6.88. The van der Waals surface area contributed by atoms with Crippen LogP contribution in [-0.4, -0.2) is 20.9 Å². The number of unbranched alkanes of at least 4 members (excludes halogenated alkanes) is 4. The average Bonchev–Trinajstić information content (AvgIpc) is 2.21. The van der Waals surface area contributed by atoms with E-state index < -0.39 is 22.5 Å². The summed E-state index contributed by atoms with van der Waals surface area (Å²) in [6.45, 7) is 1.41. The van der Waals surface area contributed by atoms with Crippen molar-refractivity contribution in [1.82, 2.24) is 4.72 Å². The molecular formula is C10H18NNaO4S. The maximum absolute atomic E-state index is 11.1. The summed E-state index contributed by atoms with van der Waals surface area (Å²) in [5, 5.41) is 11.0. The van der Waals surface area contributed by atoms with Gasteiger partial charge in [0.15, 0.2) is 0 Å². The molecule has 0 saturated heterocycles. The summed E-state index contributed by atoms with van der Waals surface area (Å²) in [7, 11) is -3.62. The molecule has 0 aromatic rings. The minimum atomic E-state index is -3.62. The Hall–Kier alpha value is 0.120. The first-order chi connectivity index (χ1) is 7.48. The fourth-order valence-electron chi connectivity index (χ4n) is 1.09. The predicted octanol–water partition coefficient (Wildman–Crippen LogP) is -2.86. The second-order valence-corrected chi connectivity index (χ2v) is 5.11. The fourth-order valence-corrected chi connectivity index (χ4v) is 1.90. The second-order valence-electron chi connectivity index (χ2n) is 3.46. The smallest absolute Gasteiger partial charge is 0.549 e. The number of rotatable bonds is 9. The molecule has 0 fully saturated rings. The van der Waals surface area contributed by atoms with Gasteiger partial charge in [0.1, 0.15) is 0 Å². The molecule has 0 bridgehead atoms. The Kier molecular flexibility index (Phi) is 12.8. The summed E-state index contributed by atoms with van der Waals surface area (Å²) in [5.41, 5.74) is 0. The molecule has 7 heteroatoms. The molecule has 0 aliphatic carbocycles. The van der Waals surface area contributed by atoms with Crippen molar-refractivity contribution < 1.29 is 47.9 Å². The van der Waals surface area contributed by atoms with E-state index >= 15 is 0 Å². The molecule has 0 aromatic heterocycles. The number of aliphatic carboxylic acids is 1. The van der Waals surface area contributed by atoms with Crippen molar-refractivity contribution in [3.8, 4) is 0 Å². The van der Waals surface area contributed by atoms with Crippen LogP contribution < -0.4 is 39.4 Å². The van der Waals surface area contributed by atoms with Crippen molar-refractivity contribution in [1.29, 1.82) is 0 Å². The van der Waals surface area contributed by atoms with Gasteiger partial charge in [-0.1, -0.05) is 32.3 Å². The SMILES string of the molecule is CCCCCC/C=C/S(=O)(=O)NCC(=O)[O-].[Na+]. The van der Waals surface area contributed by atoms with E-state index in [1.165, 1.54) is 6.08 Å². The number of hydrogen-bond donors (Lipinski definition) is 1. The molecule has 0 amide bonds. The number of allylic oxidation sites excluding steroid dienone is 1. The van der Waals surface area contributed by atoms with Crippen LogP contribution in [0.5, 0.6) is 0 Å². The van der Waals surface area contributed by atoms with Gasteiger partial charge in [-0.2, -0.15) is 0 Å². The van der Waals surface area contributed by atoms with Crippen LogP contribution in [0.25, 0.3) is 0 Å². The molecule has 0 spiro atoms. The monoisotopic (exact) mass is 271 g/mol. The van der Waals surface area contributed by atoms with Crippen LogP contribution in [0.1, 0.15) is 39.0 Å². The van der Waals surface area contributed by atoms with E-state index in [2.05, 4.69) is 6.92 Å². The van der Waals surface area contributed by atoms with Gasteiger partial charge in [0.25, 0.3) is 0 Å². The molecule has 94 valence electrons. The summed E-state index contributed by atoms with van der Waals surface area (Å²) < 4.78 is 24.2. The second kappa shape index (κ2) is 11.2. The Morgan fingerprint density at radius 1 is 1.29 bits per heavy atom. The molecule has 0 rings (SSSR count). The largest absolute Gasteiger partial charge is 1.00 e. The van der Waals surface area contributed by atoms with Crippen LogP contribution in [0, 0.1) is 0 Å². The number of carboxylic acids is 1. The minimum absolute atomic E-state index is 0. The van der Waals surface area contributed by atoms with Crippen LogP contribution in [0.15, 0.2) is 11.5 Å². The number of sulfonamides is 1. The van der Waals surface area contributed by atoms with Crippen molar-refractivity contribution in [2.45, 2.75) is 39.0 Å². The Morgan fingerprint density at radius 2 is 1.94 bits per heavy atom. The van der Waals surface area contributed by atoms with Gasteiger partial charge in [0.2, 0.25) is 10.0 Å². The normalized spacial score (nSPS) is 11.4. The summed E-state index contributed by atoms with van der Waals surface area (Å²) in [6.07, 6.45) is 6.52. The topological polar surface area (TPSA) is 86.3 Å². The van der Waals surface area contributed by atoms with Crippen LogP contribution in [0.2, 0.25) is 0 Å². The van der Waals surface area contributed by atoms with Gasteiger partial charge in [-0.05, 0) is 12.8 Å². The van der Waals surface area contributed by atoms with Crippen molar-refractivity contribution in [3.05, 3.63) is 11.5 Å². The molecule has 0 unspecified atom stereocenters. The van der Waals surface area contributed by atoms with E-state index in [9.17, 15) is 18.3 Å². The van der Waals surface area contributed by atoms with Gasteiger partial charge >= 0.3 is 29.6 Å². The van der Waals surface area contributed by atoms with E-state index in [1.54, 1.807) is 0 Å². The first kappa shape index (κ1) is 19.5. The minimum Gasteiger partial charge on any atom is -0.549 e. The summed E-state index contributed by atoms with van der Waals surface area (Å²) in [6, 6.07) is 0. The zero-order valence-corrected chi connectivity index (χ0v) is 13.3. The molecule has 0 radical (unpaired) electrons. The number of carboxylic acid groups (broad SMARTS) is 1. The standard InChI is InChI=1S/C10H19NO4S.Na/c1-2-3-4-5-6-7-8-16(14,15)11-9-10(12)13;/h7-8,11H,2-6,9H2,1H3,(H,12,13);/q;+1/p-1/b8-7+;. The number of carbonyl (C=O) groups excluding carboxylic acids is 1. The molecule has 17 heavy (non-hydrogen) atoms. The number of carbonyl (C=O) groups is 1. The predicted molar refractivity (Wildman–Crippen MR) is 59.8 cm³/mol. The van der Waals surface area contributed by atoms with Crippen LogP contribution in [0.4, 0.5) is 0 Å². The third-order valence-corrected chi connectivity index (χ3v) is 3.01. The Morgan fingerprint density at radius 3 is 2.47 bits per heavy atom. The molecule has 0 aromatic carbocycles. The van der Waals surface area contributed by atoms with Gasteiger partial charge in [-0.15, -0.1) is 0 Å². The van der Waals surface area contributed by atoms with Crippen LogP contribution in [-0.2, 0) is 14.8 Å². The van der Waals surface area contributed by atoms with Crippen molar-refractivity contribution in [2.75, 3.05) is 6.54 Å². The van der Waals surface area contributed by atoms with E-state index in [-0.39, 0.29) is 29.6 Å². The molecule has 5 nitrogen and oxygen atoms in total. The molecule has 0 aliphatic rings. The average molecular weight is 271 g/mol. The zero-order valence-electron chi connectivity index (χ0n) is 10.4. The fraction of sp³-hybridized carbons (Fsp3) is 0.700. The van der Waals surface area contributed by atoms with E-state index in [0.29, 0.717) is 6.42 Å². The van der Waals surface area contributed by atoms with Gasteiger partial charge < -0.3 is 9.90 Å². The number of nitrogens with one attached hydrogen (secondary N) is 1. The van der Waals surface area contributed by atoms with Gasteiger partial charge in [-0.3, -0.25) is 0 Å². The maximum atomic E-state index is 11.1. The molecule has 0 atom stereocenters. The Labute approximate surface area is 125 Å². The third-order valence-electron chi connectivity index (χ3n) is 1.92. The molecule has 0 heterocycles. The van der Waals surface area contributed by atoms with E-state index in [1.807, 2.05) is 4.72 Å². The number of hydrogen-bond acceptors (Lipinski definition) is 4. The van der Waals surface area contributed by atoms with Crippen molar-refractivity contribution >= 4 is 16.0 Å². The van der Waals surface area contributed by atoms with Crippen molar-refractivity contribution in [3.63, 3.8) is 0 Å². The van der Waals surface area contributed by atoms with E-state index in [4.69, 9.17) is 0 Å². The summed E-state index contributed by atoms with van der Waals surface area (Å²) >= 11 is 0. The van der Waals surface area contributed by atoms with Gasteiger partial charge in [0.05, 0.1) is 12.5 Å². The Balaban J connectivity index is 0. The van der Waals surface area contributed by atoms with Gasteiger partial charge in [-0.25, -0.2) is 13.1 Å². The maximum Gasteiger partial charge on any atom is 1.00 e. The molecular weight excluding hydrogens is 253 g/mol. The molecule has 1 N–H and O–H groups in total. The third kappa shape index (κ3) is 14.1. The first-order valence-electron chi connectivity index (χ1n) is 5.34. The summed E-state index contributed by atoms with van der Waals surface area (Å²) in [4.78, 5) is 10.0. The van der Waals surface area contributed by atoms with Gasteiger partial charge in [0, 0.05) is 5.41 Å². The van der Waals surface area contributed by atoms with Crippen LogP contribution >= 0.6 is 0 Å². The Bertz CT molecular complexity index is 327. The molecule has 0 aliphatic heterocycles. The zero-order chi connectivity index (χ0) is 12.4.